The second-order valence-corrected chi connectivity index (χ2v) is 6.24. The average Bonchev–Trinajstić information content (AvgIpc) is 2.73. The van der Waals surface area contributed by atoms with Crippen LogP contribution in [0.4, 0.5) is 0 Å². The maximum absolute atomic E-state index is 5.64. The lowest BCUT2D eigenvalue weighted by atomic mass is 10.1. The van der Waals surface area contributed by atoms with E-state index in [-0.39, 0.29) is 6.04 Å². The Hall–Kier alpha value is -0.680. The van der Waals surface area contributed by atoms with Gasteiger partial charge >= 0.3 is 0 Å². The minimum Gasteiger partial charge on any atom is -0.271 e. The summed E-state index contributed by atoms with van der Waals surface area (Å²) >= 11 is 5.27. The topological polar surface area (TPSA) is 38.0 Å². The highest BCUT2D eigenvalue weighted by molar-refractivity contribution is 9.10. The summed E-state index contributed by atoms with van der Waals surface area (Å²) in [6.07, 6.45) is 0.899. The lowest BCUT2D eigenvalue weighted by Crippen LogP contribution is -2.28. The molecule has 0 radical (unpaired) electrons. The van der Waals surface area contributed by atoms with Crippen molar-refractivity contribution in [2.24, 2.45) is 5.84 Å². The lowest BCUT2D eigenvalue weighted by molar-refractivity contribution is 0.560. The summed E-state index contributed by atoms with van der Waals surface area (Å²) in [7, 11) is 0. The third-order valence-electron chi connectivity index (χ3n) is 2.63. The molecule has 4 heteroatoms. The molecule has 0 aliphatic rings. The van der Waals surface area contributed by atoms with Crippen LogP contribution in [0.15, 0.2) is 40.9 Å². The fraction of sp³-hybridized carbons (Fsp3) is 0.231. The predicted octanol–water partition coefficient (Wildman–Crippen LogP) is 3.57. The van der Waals surface area contributed by atoms with Crippen LogP contribution in [0.2, 0.25) is 0 Å². The summed E-state index contributed by atoms with van der Waals surface area (Å²) in [6, 6.07) is 12.8. The van der Waals surface area contributed by atoms with Crippen molar-refractivity contribution in [3.05, 3.63) is 56.2 Å². The zero-order valence-corrected chi connectivity index (χ0v) is 12.0. The van der Waals surface area contributed by atoms with Gasteiger partial charge in [-0.3, -0.25) is 11.3 Å². The van der Waals surface area contributed by atoms with Crippen molar-refractivity contribution in [2.75, 3.05) is 0 Å². The largest absolute Gasteiger partial charge is 0.271 e. The molecule has 2 rings (SSSR count). The van der Waals surface area contributed by atoms with Gasteiger partial charge in [0.2, 0.25) is 0 Å². The van der Waals surface area contributed by atoms with Gasteiger partial charge in [0.05, 0.1) is 6.04 Å². The Balaban J connectivity index is 2.15. The highest BCUT2D eigenvalue weighted by atomic mass is 79.9. The highest BCUT2D eigenvalue weighted by Crippen LogP contribution is 2.25. The van der Waals surface area contributed by atoms with Crippen LogP contribution in [0.3, 0.4) is 0 Å². The Kier molecular flexibility index (Phi) is 4.34. The van der Waals surface area contributed by atoms with Gasteiger partial charge in [-0.2, -0.15) is 0 Å². The van der Waals surface area contributed by atoms with E-state index in [0.29, 0.717) is 0 Å². The van der Waals surface area contributed by atoms with Gasteiger partial charge in [-0.15, -0.1) is 11.3 Å². The van der Waals surface area contributed by atoms with E-state index in [1.54, 1.807) is 11.3 Å². The van der Waals surface area contributed by atoms with Gasteiger partial charge in [-0.1, -0.05) is 28.1 Å². The molecule has 0 saturated carbocycles. The Morgan fingerprint density at radius 2 is 2.18 bits per heavy atom. The third-order valence-corrected chi connectivity index (χ3v) is 4.24. The fourth-order valence-electron chi connectivity index (χ4n) is 1.78. The Morgan fingerprint density at radius 3 is 2.76 bits per heavy atom. The zero-order chi connectivity index (χ0) is 12.3. The van der Waals surface area contributed by atoms with E-state index in [1.807, 2.05) is 12.1 Å². The molecule has 17 heavy (non-hydrogen) atoms. The van der Waals surface area contributed by atoms with Crippen LogP contribution in [0.5, 0.6) is 0 Å². The van der Waals surface area contributed by atoms with E-state index < -0.39 is 0 Å². The van der Waals surface area contributed by atoms with E-state index in [4.69, 9.17) is 5.84 Å². The van der Waals surface area contributed by atoms with E-state index in [0.717, 1.165) is 10.9 Å². The number of benzene rings is 1. The first-order valence-electron chi connectivity index (χ1n) is 5.46. The fourth-order valence-corrected chi connectivity index (χ4v) is 3.17. The smallest absolute Gasteiger partial charge is 0.0593 e. The number of aryl methyl sites for hydroxylation is 1. The Morgan fingerprint density at radius 1 is 1.35 bits per heavy atom. The molecular weight excluding hydrogens is 296 g/mol. The van der Waals surface area contributed by atoms with Gasteiger partial charge in [-0.05, 0) is 43.2 Å². The molecule has 1 heterocycles. The number of nitrogens with two attached hydrogens (primary N) is 1. The molecule has 1 aromatic carbocycles. The molecule has 0 fully saturated rings. The summed E-state index contributed by atoms with van der Waals surface area (Å²) in [6.45, 7) is 2.11. The SMILES string of the molecule is Cc1ccc(C(Cc2cccc(Br)c2)NN)s1. The lowest BCUT2D eigenvalue weighted by Gasteiger charge is -2.14. The van der Waals surface area contributed by atoms with Crippen molar-refractivity contribution in [1.29, 1.82) is 0 Å². The first kappa shape index (κ1) is 12.8. The Labute approximate surface area is 114 Å². The quantitative estimate of drug-likeness (QED) is 0.669. The van der Waals surface area contributed by atoms with Crippen molar-refractivity contribution in [2.45, 2.75) is 19.4 Å². The van der Waals surface area contributed by atoms with Crippen molar-refractivity contribution in [3.8, 4) is 0 Å². The van der Waals surface area contributed by atoms with E-state index in [1.165, 1.54) is 15.3 Å². The highest BCUT2D eigenvalue weighted by Gasteiger charge is 2.12. The van der Waals surface area contributed by atoms with Gasteiger partial charge < -0.3 is 0 Å². The molecule has 0 aliphatic carbocycles. The van der Waals surface area contributed by atoms with Crippen LogP contribution in [0.1, 0.15) is 21.4 Å². The maximum Gasteiger partial charge on any atom is 0.0593 e. The molecule has 90 valence electrons. The third kappa shape index (κ3) is 3.39. The number of halogens is 1. The molecule has 0 saturated heterocycles. The number of thiophene rings is 1. The molecule has 2 aromatic rings. The average molecular weight is 311 g/mol. The molecule has 0 aliphatic heterocycles. The van der Waals surface area contributed by atoms with Crippen molar-refractivity contribution in [1.82, 2.24) is 5.43 Å². The number of hydrogen-bond acceptors (Lipinski definition) is 3. The van der Waals surface area contributed by atoms with Crippen LogP contribution in [0.25, 0.3) is 0 Å². The first-order chi connectivity index (χ1) is 8.19. The summed E-state index contributed by atoms with van der Waals surface area (Å²) in [5, 5.41) is 0. The number of nitrogens with one attached hydrogen (secondary N) is 1. The maximum atomic E-state index is 5.64. The van der Waals surface area contributed by atoms with Crippen LogP contribution in [-0.2, 0) is 6.42 Å². The summed E-state index contributed by atoms with van der Waals surface area (Å²) < 4.78 is 1.10. The van der Waals surface area contributed by atoms with Gasteiger partial charge in [0.15, 0.2) is 0 Å². The van der Waals surface area contributed by atoms with E-state index in [9.17, 15) is 0 Å². The minimum atomic E-state index is 0.183. The van der Waals surface area contributed by atoms with Gasteiger partial charge in [0.1, 0.15) is 0 Å². The minimum absolute atomic E-state index is 0.183. The van der Waals surface area contributed by atoms with E-state index in [2.05, 4.69) is 52.5 Å². The number of rotatable bonds is 4. The van der Waals surface area contributed by atoms with Gasteiger partial charge in [0.25, 0.3) is 0 Å². The summed E-state index contributed by atoms with van der Waals surface area (Å²) in [5.41, 5.74) is 4.17. The molecule has 1 unspecified atom stereocenters. The molecule has 3 N–H and O–H groups in total. The van der Waals surface area contributed by atoms with Gasteiger partial charge in [0, 0.05) is 14.2 Å². The van der Waals surface area contributed by atoms with Crippen LogP contribution >= 0.6 is 27.3 Å². The molecule has 2 nitrogen and oxygen atoms in total. The van der Waals surface area contributed by atoms with Crippen LogP contribution in [-0.4, -0.2) is 0 Å². The standard InChI is InChI=1S/C13H15BrN2S/c1-9-5-6-13(17-9)12(16-15)8-10-3-2-4-11(14)7-10/h2-7,12,16H,8,15H2,1H3. The van der Waals surface area contributed by atoms with Crippen molar-refractivity contribution < 1.29 is 0 Å². The Bertz CT molecular complexity index is 496. The predicted molar refractivity (Wildman–Crippen MR) is 77.0 cm³/mol. The van der Waals surface area contributed by atoms with Crippen LogP contribution in [0, 0.1) is 6.92 Å². The first-order valence-corrected chi connectivity index (χ1v) is 7.07. The summed E-state index contributed by atoms with van der Waals surface area (Å²) in [5.74, 6) is 5.64. The normalized spacial score (nSPS) is 12.6. The van der Waals surface area contributed by atoms with Crippen molar-refractivity contribution in [3.63, 3.8) is 0 Å². The molecular formula is C13H15BrN2S. The molecule has 0 bridgehead atoms. The second-order valence-electron chi connectivity index (χ2n) is 4.00. The number of hydrazine groups is 1. The monoisotopic (exact) mass is 310 g/mol. The second kappa shape index (κ2) is 5.78. The van der Waals surface area contributed by atoms with E-state index >= 15 is 0 Å². The molecule has 0 spiro atoms. The summed E-state index contributed by atoms with van der Waals surface area (Å²) in [4.78, 5) is 2.60. The van der Waals surface area contributed by atoms with Crippen LogP contribution < -0.4 is 11.3 Å². The molecule has 1 aromatic heterocycles. The zero-order valence-electron chi connectivity index (χ0n) is 9.61. The molecule has 0 amide bonds. The van der Waals surface area contributed by atoms with Crippen molar-refractivity contribution >= 4 is 27.3 Å². The van der Waals surface area contributed by atoms with Gasteiger partial charge in [-0.25, -0.2) is 0 Å². The molecule has 1 atom stereocenters. The number of hydrogen-bond donors (Lipinski definition) is 2.